The normalized spacial score (nSPS) is 10.5. The van der Waals surface area contributed by atoms with Crippen LogP contribution in [0, 0.1) is 13.8 Å². The number of carbonyl (C=O) groups is 1. The summed E-state index contributed by atoms with van der Waals surface area (Å²) in [5.41, 5.74) is 3.28. The van der Waals surface area contributed by atoms with Gasteiger partial charge in [-0.25, -0.2) is 4.98 Å². The molecule has 1 heterocycles. The van der Waals surface area contributed by atoms with E-state index in [-0.39, 0.29) is 16.8 Å². The topological polar surface area (TPSA) is 51.2 Å². The molecule has 4 nitrogen and oxygen atoms in total. The number of halogens is 2. The fraction of sp³-hybridized carbons (Fsp3) is 0.100. The van der Waals surface area contributed by atoms with E-state index in [4.69, 9.17) is 27.9 Å². The van der Waals surface area contributed by atoms with Gasteiger partial charge in [0, 0.05) is 11.8 Å². The van der Waals surface area contributed by atoms with E-state index in [9.17, 15) is 4.79 Å². The lowest BCUT2D eigenvalue weighted by molar-refractivity contribution is 0.102. The van der Waals surface area contributed by atoms with Crippen molar-refractivity contribution in [2.75, 3.05) is 5.32 Å². The van der Waals surface area contributed by atoms with Gasteiger partial charge in [0.25, 0.3) is 5.91 Å². The Morgan fingerprint density at radius 3 is 2.54 bits per heavy atom. The predicted octanol–water partition coefficient (Wildman–Crippen LogP) is 6.05. The van der Waals surface area contributed by atoms with Gasteiger partial charge in [0.1, 0.15) is 5.02 Å². The van der Waals surface area contributed by atoms with Crippen molar-refractivity contribution in [3.63, 3.8) is 0 Å². The Labute approximate surface area is 161 Å². The summed E-state index contributed by atoms with van der Waals surface area (Å²) < 4.78 is 5.76. The Morgan fingerprint density at radius 2 is 1.81 bits per heavy atom. The van der Waals surface area contributed by atoms with Crippen LogP contribution in [0.15, 0.2) is 54.7 Å². The first-order valence-corrected chi connectivity index (χ1v) is 8.66. The fourth-order valence-electron chi connectivity index (χ4n) is 2.32. The molecule has 0 fully saturated rings. The first kappa shape index (κ1) is 18.2. The van der Waals surface area contributed by atoms with E-state index in [0.29, 0.717) is 22.0 Å². The molecule has 1 N–H and O–H groups in total. The molecule has 0 spiro atoms. The Bertz CT molecular complexity index is 974. The van der Waals surface area contributed by atoms with Crippen LogP contribution in [0.2, 0.25) is 10.0 Å². The zero-order chi connectivity index (χ0) is 18.7. The van der Waals surface area contributed by atoms with Crippen molar-refractivity contribution in [1.29, 1.82) is 0 Å². The molecule has 1 aromatic heterocycles. The van der Waals surface area contributed by atoms with Crippen LogP contribution in [-0.2, 0) is 0 Å². The number of ether oxygens (including phenoxy) is 1. The molecule has 3 rings (SSSR count). The molecule has 6 heteroatoms. The number of benzene rings is 2. The number of hydrogen-bond donors (Lipinski definition) is 1. The molecule has 0 atom stereocenters. The van der Waals surface area contributed by atoms with Gasteiger partial charge in [0.05, 0.1) is 10.7 Å². The summed E-state index contributed by atoms with van der Waals surface area (Å²) in [6.45, 7) is 3.97. The van der Waals surface area contributed by atoms with Crippen LogP contribution in [0.1, 0.15) is 21.5 Å². The highest BCUT2D eigenvalue weighted by Gasteiger charge is 2.13. The number of hydrogen-bond acceptors (Lipinski definition) is 3. The van der Waals surface area contributed by atoms with E-state index < -0.39 is 0 Å². The SMILES string of the molecule is Cc1ccc(C(=O)Nc2ccccc2Oc2ncc(Cl)cc2Cl)cc1C. The third-order valence-corrected chi connectivity index (χ3v) is 4.36. The van der Waals surface area contributed by atoms with E-state index >= 15 is 0 Å². The van der Waals surface area contributed by atoms with Crippen LogP contribution >= 0.6 is 23.2 Å². The van der Waals surface area contributed by atoms with Crippen molar-refractivity contribution >= 4 is 34.8 Å². The van der Waals surface area contributed by atoms with Crippen LogP contribution in [-0.4, -0.2) is 10.9 Å². The number of aromatic nitrogens is 1. The molecule has 0 unspecified atom stereocenters. The smallest absolute Gasteiger partial charge is 0.255 e. The second kappa shape index (κ2) is 7.77. The van der Waals surface area contributed by atoms with Gasteiger partial charge >= 0.3 is 0 Å². The molecule has 2 aromatic carbocycles. The van der Waals surface area contributed by atoms with Crippen molar-refractivity contribution in [3.8, 4) is 11.6 Å². The molecular weight excluding hydrogens is 371 g/mol. The summed E-state index contributed by atoms with van der Waals surface area (Å²) in [7, 11) is 0. The highest BCUT2D eigenvalue weighted by molar-refractivity contribution is 6.35. The highest BCUT2D eigenvalue weighted by atomic mass is 35.5. The first-order chi connectivity index (χ1) is 12.4. The van der Waals surface area contributed by atoms with Crippen LogP contribution in [0.5, 0.6) is 11.6 Å². The molecule has 0 saturated heterocycles. The maximum atomic E-state index is 12.6. The summed E-state index contributed by atoms with van der Waals surface area (Å²) in [4.78, 5) is 16.6. The summed E-state index contributed by atoms with van der Waals surface area (Å²) in [6.07, 6.45) is 1.44. The Balaban J connectivity index is 1.84. The number of para-hydroxylation sites is 2. The molecule has 3 aromatic rings. The zero-order valence-corrected chi connectivity index (χ0v) is 15.7. The number of pyridine rings is 1. The van der Waals surface area contributed by atoms with Crippen molar-refractivity contribution < 1.29 is 9.53 Å². The molecule has 0 aliphatic rings. The predicted molar refractivity (Wildman–Crippen MR) is 105 cm³/mol. The Kier molecular flexibility index (Phi) is 5.45. The van der Waals surface area contributed by atoms with Crippen LogP contribution in [0.3, 0.4) is 0 Å². The Morgan fingerprint density at radius 1 is 1.04 bits per heavy atom. The van der Waals surface area contributed by atoms with Crippen molar-refractivity contribution in [2.24, 2.45) is 0 Å². The van der Waals surface area contributed by atoms with Gasteiger partial charge in [0.15, 0.2) is 5.75 Å². The molecular formula is C20H16Cl2N2O2. The van der Waals surface area contributed by atoms with Gasteiger partial charge < -0.3 is 10.1 Å². The van der Waals surface area contributed by atoms with Crippen molar-refractivity contribution in [1.82, 2.24) is 4.98 Å². The van der Waals surface area contributed by atoms with Gasteiger partial charge in [-0.3, -0.25) is 4.79 Å². The van der Waals surface area contributed by atoms with Gasteiger partial charge in [-0.1, -0.05) is 41.4 Å². The number of carbonyl (C=O) groups excluding carboxylic acids is 1. The maximum absolute atomic E-state index is 12.6. The molecule has 0 aliphatic carbocycles. The maximum Gasteiger partial charge on any atom is 0.255 e. The number of anilines is 1. The second-order valence-electron chi connectivity index (χ2n) is 5.79. The molecule has 1 amide bonds. The number of aryl methyl sites for hydroxylation is 2. The number of rotatable bonds is 4. The summed E-state index contributed by atoms with van der Waals surface area (Å²) in [5, 5.41) is 3.56. The zero-order valence-electron chi connectivity index (χ0n) is 14.2. The minimum atomic E-state index is -0.223. The van der Waals surface area contributed by atoms with Gasteiger partial charge in [0.2, 0.25) is 5.88 Å². The quantitative estimate of drug-likeness (QED) is 0.593. The standard InChI is InChI=1S/C20H16Cl2N2O2/c1-12-7-8-14(9-13(12)2)19(25)24-17-5-3-4-6-18(17)26-20-16(22)10-15(21)11-23-20/h3-11H,1-2H3,(H,24,25). The molecule has 0 bridgehead atoms. The van der Waals surface area contributed by atoms with E-state index in [1.54, 1.807) is 36.4 Å². The van der Waals surface area contributed by atoms with Crippen LogP contribution in [0.4, 0.5) is 5.69 Å². The summed E-state index contributed by atoms with van der Waals surface area (Å²) in [5.74, 6) is 0.421. The fourth-order valence-corrected chi connectivity index (χ4v) is 2.74. The van der Waals surface area contributed by atoms with Crippen molar-refractivity contribution in [3.05, 3.63) is 81.5 Å². The van der Waals surface area contributed by atoms with Crippen LogP contribution in [0.25, 0.3) is 0 Å². The second-order valence-corrected chi connectivity index (χ2v) is 6.64. The van der Waals surface area contributed by atoms with Crippen molar-refractivity contribution in [2.45, 2.75) is 13.8 Å². The highest BCUT2D eigenvalue weighted by Crippen LogP contribution is 2.33. The average molecular weight is 387 g/mol. The summed E-state index contributed by atoms with van der Waals surface area (Å²) >= 11 is 12.0. The Hall–Kier alpha value is -2.56. The molecule has 0 radical (unpaired) electrons. The summed E-state index contributed by atoms with van der Waals surface area (Å²) in [6, 6.07) is 14.2. The minimum absolute atomic E-state index is 0.212. The lowest BCUT2D eigenvalue weighted by atomic mass is 10.1. The first-order valence-electron chi connectivity index (χ1n) is 7.90. The van der Waals surface area contributed by atoms with Gasteiger partial charge in [-0.05, 0) is 55.3 Å². The van der Waals surface area contributed by atoms with Gasteiger partial charge in [-0.2, -0.15) is 0 Å². The molecule has 0 saturated carbocycles. The van der Waals surface area contributed by atoms with E-state index in [2.05, 4.69) is 10.3 Å². The lowest BCUT2D eigenvalue weighted by Crippen LogP contribution is -2.13. The number of nitrogens with one attached hydrogen (secondary N) is 1. The minimum Gasteiger partial charge on any atom is -0.435 e. The lowest BCUT2D eigenvalue weighted by Gasteiger charge is -2.13. The molecule has 26 heavy (non-hydrogen) atoms. The third kappa shape index (κ3) is 4.15. The van der Waals surface area contributed by atoms with Gasteiger partial charge in [-0.15, -0.1) is 0 Å². The molecule has 0 aliphatic heterocycles. The largest absolute Gasteiger partial charge is 0.435 e. The third-order valence-electron chi connectivity index (χ3n) is 3.89. The van der Waals surface area contributed by atoms with E-state index in [1.807, 2.05) is 26.0 Å². The van der Waals surface area contributed by atoms with E-state index in [1.165, 1.54) is 6.20 Å². The van der Waals surface area contributed by atoms with E-state index in [0.717, 1.165) is 11.1 Å². The number of nitrogens with zero attached hydrogens (tertiary/aromatic N) is 1. The average Bonchev–Trinajstić information content (AvgIpc) is 2.61. The monoisotopic (exact) mass is 386 g/mol. The van der Waals surface area contributed by atoms with Crippen LogP contribution < -0.4 is 10.1 Å². The molecule has 132 valence electrons. The number of amides is 1.